The van der Waals surface area contributed by atoms with Crippen molar-refractivity contribution in [3.05, 3.63) is 53.5 Å². The third-order valence-corrected chi connectivity index (χ3v) is 5.61. The van der Waals surface area contributed by atoms with Gasteiger partial charge in [0.25, 0.3) is 0 Å². The quantitative estimate of drug-likeness (QED) is 0.707. The molecule has 1 fully saturated rings. The fourth-order valence-electron chi connectivity index (χ4n) is 3.19. The Kier molecular flexibility index (Phi) is 6.50. The van der Waals surface area contributed by atoms with Crippen LogP contribution in [0.25, 0.3) is 0 Å². The molecule has 0 radical (unpaired) electrons. The summed E-state index contributed by atoms with van der Waals surface area (Å²) in [6.45, 7) is 5.16. The molecule has 2 heterocycles. The summed E-state index contributed by atoms with van der Waals surface area (Å²) in [6.07, 6.45) is 0.151. The van der Waals surface area contributed by atoms with Gasteiger partial charge in [-0.2, -0.15) is 0 Å². The van der Waals surface area contributed by atoms with E-state index in [1.807, 2.05) is 19.1 Å². The van der Waals surface area contributed by atoms with Gasteiger partial charge < -0.3 is 14.5 Å². The Morgan fingerprint density at radius 1 is 1.18 bits per heavy atom. The summed E-state index contributed by atoms with van der Waals surface area (Å²) in [6, 6.07) is 9.78. The fourth-order valence-corrected chi connectivity index (χ4v) is 3.70. The van der Waals surface area contributed by atoms with Gasteiger partial charge in [-0.15, -0.1) is 0 Å². The van der Waals surface area contributed by atoms with Gasteiger partial charge >= 0.3 is 0 Å². The van der Waals surface area contributed by atoms with E-state index in [0.29, 0.717) is 25.3 Å². The molecule has 9 heteroatoms. The summed E-state index contributed by atoms with van der Waals surface area (Å²) in [7, 11) is -3.74. The second kappa shape index (κ2) is 8.87. The number of sulfonamides is 1. The van der Waals surface area contributed by atoms with Crippen LogP contribution < -0.4 is 10.5 Å². The molecule has 0 saturated carbocycles. The molecular weight excluding hydrogens is 382 g/mol. The van der Waals surface area contributed by atoms with Crippen molar-refractivity contribution in [2.75, 3.05) is 32.8 Å². The lowest BCUT2D eigenvalue weighted by molar-refractivity contribution is -0.120. The van der Waals surface area contributed by atoms with Crippen LogP contribution in [0.15, 0.2) is 45.7 Å². The van der Waals surface area contributed by atoms with Crippen molar-refractivity contribution < 1.29 is 22.4 Å². The maximum atomic E-state index is 12.4. The van der Waals surface area contributed by atoms with Gasteiger partial charge in [0.1, 0.15) is 11.5 Å². The third kappa shape index (κ3) is 5.41. The normalized spacial score (nSPS) is 16.6. The zero-order chi connectivity index (χ0) is 20.1. The Balaban J connectivity index is 1.61. The Labute approximate surface area is 164 Å². The fraction of sp³-hybridized carbons (Fsp3) is 0.421. The monoisotopic (exact) mass is 407 g/mol. The van der Waals surface area contributed by atoms with Crippen LogP contribution in [0.2, 0.25) is 0 Å². The van der Waals surface area contributed by atoms with Crippen molar-refractivity contribution in [1.29, 1.82) is 0 Å². The maximum Gasteiger partial charge on any atom is 0.238 e. The molecule has 1 atom stereocenters. The summed E-state index contributed by atoms with van der Waals surface area (Å²) in [5, 5.41) is 8.04. The van der Waals surface area contributed by atoms with Gasteiger partial charge in [0.15, 0.2) is 0 Å². The lowest BCUT2D eigenvalue weighted by Gasteiger charge is -2.33. The Bertz CT molecular complexity index is 902. The molecule has 1 aliphatic rings. The van der Waals surface area contributed by atoms with Crippen LogP contribution in [0.5, 0.6) is 0 Å². The van der Waals surface area contributed by atoms with E-state index < -0.39 is 10.0 Å². The largest absolute Gasteiger partial charge is 0.465 e. The standard InChI is InChI=1S/C19H25N3O5S/c1-14-2-7-18(27-14)17(22-8-10-26-11-9-22)13-21-19(23)12-15-3-5-16(6-4-15)28(20,24)25/h2-7,17H,8-13H2,1H3,(H,21,23)(H2,20,24,25). The minimum atomic E-state index is -3.74. The van der Waals surface area contributed by atoms with Gasteiger partial charge in [-0.3, -0.25) is 9.69 Å². The highest BCUT2D eigenvalue weighted by atomic mass is 32.2. The third-order valence-electron chi connectivity index (χ3n) is 4.69. The first kappa shape index (κ1) is 20.5. The number of furan rings is 1. The molecule has 1 aromatic heterocycles. The molecule has 3 rings (SSSR count). The Morgan fingerprint density at radius 2 is 1.86 bits per heavy atom. The SMILES string of the molecule is Cc1ccc(C(CNC(=O)Cc2ccc(S(N)(=O)=O)cc2)N2CCOCC2)o1. The molecule has 1 unspecified atom stereocenters. The second-order valence-electron chi connectivity index (χ2n) is 6.78. The van der Waals surface area contributed by atoms with Crippen LogP contribution >= 0.6 is 0 Å². The first-order valence-corrected chi connectivity index (χ1v) is 10.6. The van der Waals surface area contributed by atoms with Crippen LogP contribution in [0.3, 0.4) is 0 Å². The predicted molar refractivity (Wildman–Crippen MR) is 103 cm³/mol. The molecule has 1 saturated heterocycles. The summed E-state index contributed by atoms with van der Waals surface area (Å²) in [5.41, 5.74) is 0.710. The zero-order valence-electron chi connectivity index (χ0n) is 15.8. The lowest BCUT2D eigenvalue weighted by atomic mass is 10.1. The predicted octanol–water partition coefficient (Wildman–Crippen LogP) is 0.968. The van der Waals surface area contributed by atoms with E-state index >= 15 is 0 Å². The average Bonchev–Trinajstić information content (AvgIpc) is 3.08. The number of carbonyl (C=O) groups is 1. The number of morpholine rings is 1. The number of primary sulfonamides is 1. The second-order valence-corrected chi connectivity index (χ2v) is 8.34. The molecule has 8 nitrogen and oxygen atoms in total. The smallest absolute Gasteiger partial charge is 0.238 e. The van der Waals surface area contributed by atoms with Gasteiger partial charge in [-0.05, 0) is 36.8 Å². The van der Waals surface area contributed by atoms with E-state index in [9.17, 15) is 13.2 Å². The number of hydrogen-bond acceptors (Lipinski definition) is 6. The van der Waals surface area contributed by atoms with Gasteiger partial charge in [0.2, 0.25) is 15.9 Å². The molecule has 28 heavy (non-hydrogen) atoms. The van der Waals surface area contributed by atoms with Gasteiger partial charge in [0, 0.05) is 19.6 Å². The van der Waals surface area contributed by atoms with Crippen molar-refractivity contribution >= 4 is 15.9 Å². The highest BCUT2D eigenvalue weighted by Crippen LogP contribution is 2.23. The number of aryl methyl sites for hydroxylation is 1. The topological polar surface area (TPSA) is 115 Å². The van der Waals surface area contributed by atoms with Crippen molar-refractivity contribution in [3.63, 3.8) is 0 Å². The molecule has 0 aliphatic carbocycles. The summed E-state index contributed by atoms with van der Waals surface area (Å²) >= 11 is 0. The van der Waals surface area contributed by atoms with Crippen molar-refractivity contribution in [3.8, 4) is 0 Å². The first-order chi connectivity index (χ1) is 13.3. The number of nitrogens with one attached hydrogen (secondary N) is 1. The molecule has 152 valence electrons. The first-order valence-electron chi connectivity index (χ1n) is 9.09. The summed E-state index contributed by atoms with van der Waals surface area (Å²) < 4.78 is 33.8. The minimum absolute atomic E-state index is 0.0252. The molecule has 1 aliphatic heterocycles. The van der Waals surface area contributed by atoms with E-state index in [1.54, 1.807) is 12.1 Å². The highest BCUT2D eigenvalue weighted by Gasteiger charge is 2.25. The van der Waals surface area contributed by atoms with Gasteiger partial charge in [0.05, 0.1) is 30.6 Å². The molecule has 2 aromatic rings. The summed E-state index contributed by atoms with van der Waals surface area (Å²) in [4.78, 5) is 14.7. The zero-order valence-corrected chi connectivity index (χ0v) is 16.6. The Morgan fingerprint density at radius 3 is 2.43 bits per heavy atom. The van der Waals surface area contributed by atoms with Crippen molar-refractivity contribution in [2.24, 2.45) is 5.14 Å². The van der Waals surface area contributed by atoms with Gasteiger partial charge in [-0.25, -0.2) is 13.6 Å². The van der Waals surface area contributed by atoms with Crippen molar-refractivity contribution in [2.45, 2.75) is 24.3 Å². The maximum absolute atomic E-state index is 12.4. The molecule has 0 bridgehead atoms. The number of benzene rings is 1. The molecule has 1 aromatic carbocycles. The van der Waals surface area contributed by atoms with Crippen LogP contribution in [0.1, 0.15) is 23.1 Å². The van der Waals surface area contributed by atoms with Crippen molar-refractivity contribution in [1.82, 2.24) is 10.2 Å². The minimum Gasteiger partial charge on any atom is -0.465 e. The number of nitrogens with zero attached hydrogens (tertiary/aromatic N) is 1. The number of rotatable bonds is 7. The highest BCUT2D eigenvalue weighted by molar-refractivity contribution is 7.89. The Hall–Kier alpha value is -2.20. The van der Waals surface area contributed by atoms with Crippen LogP contribution in [0, 0.1) is 6.92 Å². The van der Waals surface area contributed by atoms with E-state index in [0.717, 1.165) is 24.6 Å². The van der Waals surface area contributed by atoms with Gasteiger partial charge in [-0.1, -0.05) is 12.1 Å². The number of nitrogens with two attached hydrogens (primary N) is 1. The van der Waals surface area contributed by atoms with E-state index in [1.165, 1.54) is 12.1 Å². The van der Waals surface area contributed by atoms with Crippen LogP contribution in [-0.4, -0.2) is 52.1 Å². The number of hydrogen-bond donors (Lipinski definition) is 2. The summed E-state index contributed by atoms with van der Waals surface area (Å²) in [5.74, 6) is 1.50. The molecule has 3 N–H and O–H groups in total. The van der Waals surface area contributed by atoms with Crippen LogP contribution in [-0.2, 0) is 26.0 Å². The molecule has 0 spiro atoms. The van der Waals surface area contributed by atoms with Crippen LogP contribution in [0.4, 0.5) is 0 Å². The number of ether oxygens (including phenoxy) is 1. The number of amides is 1. The molecule has 1 amide bonds. The van der Waals surface area contributed by atoms with E-state index in [4.69, 9.17) is 14.3 Å². The molecular formula is C19H25N3O5S. The lowest BCUT2D eigenvalue weighted by Crippen LogP contribution is -2.44. The number of carbonyl (C=O) groups excluding carboxylic acids is 1. The van der Waals surface area contributed by atoms with E-state index in [2.05, 4.69) is 10.2 Å². The van der Waals surface area contributed by atoms with E-state index in [-0.39, 0.29) is 23.3 Å². The average molecular weight is 407 g/mol.